The highest BCUT2D eigenvalue weighted by molar-refractivity contribution is 7.07. The fourth-order valence-electron chi connectivity index (χ4n) is 5.79. The first-order chi connectivity index (χ1) is 20.3. The van der Waals surface area contributed by atoms with Crippen LogP contribution in [0.3, 0.4) is 0 Å². The van der Waals surface area contributed by atoms with Crippen LogP contribution in [0.5, 0.6) is 5.75 Å². The first-order valence-electron chi connectivity index (χ1n) is 14.3. The van der Waals surface area contributed by atoms with Gasteiger partial charge >= 0.3 is 0 Å². The number of amides is 1. The largest absolute Gasteiger partial charge is 0.496 e. The molecule has 3 heterocycles. The molecule has 0 aliphatic carbocycles. The fraction of sp³-hybridized carbons (Fsp3) is 0.387. The maximum atomic E-state index is 14.1. The van der Waals surface area contributed by atoms with E-state index in [2.05, 4.69) is 4.90 Å². The molecular formula is C31H35N5O5S. The zero-order valence-electron chi connectivity index (χ0n) is 24.3. The summed E-state index contributed by atoms with van der Waals surface area (Å²) in [4.78, 5) is 48.5. The van der Waals surface area contributed by atoms with Gasteiger partial charge in [-0.05, 0) is 63.8 Å². The number of anilines is 1. The van der Waals surface area contributed by atoms with Gasteiger partial charge in [0.1, 0.15) is 17.5 Å². The van der Waals surface area contributed by atoms with Crippen LogP contribution in [0.4, 0.5) is 11.4 Å². The van der Waals surface area contributed by atoms with Crippen molar-refractivity contribution in [2.75, 3.05) is 38.2 Å². The Hall–Kier alpha value is -4.25. The number of carbonyl (C=O) groups excluding carboxylic acids is 1. The van der Waals surface area contributed by atoms with Crippen molar-refractivity contribution < 1.29 is 14.5 Å². The number of nitro groups is 1. The number of likely N-dealkylation sites (N-methyl/N-ethyl adjacent to an activating group) is 1. The van der Waals surface area contributed by atoms with Gasteiger partial charge in [-0.25, -0.2) is 4.99 Å². The number of aromatic nitrogens is 1. The molecule has 3 aromatic rings. The molecule has 220 valence electrons. The molecule has 2 aliphatic rings. The first kappa shape index (κ1) is 29.2. The van der Waals surface area contributed by atoms with Crippen molar-refractivity contribution >= 4 is 34.7 Å². The number of piperidine rings is 1. The van der Waals surface area contributed by atoms with E-state index in [0.29, 0.717) is 56.3 Å². The predicted octanol–water partition coefficient (Wildman–Crippen LogP) is 4.01. The highest BCUT2D eigenvalue weighted by Crippen LogP contribution is 2.36. The summed E-state index contributed by atoms with van der Waals surface area (Å²) in [5.41, 5.74) is 2.49. The Labute approximate surface area is 248 Å². The van der Waals surface area contributed by atoms with Crippen LogP contribution < -0.4 is 24.5 Å². The van der Waals surface area contributed by atoms with E-state index in [1.165, 1.54) is 17.4 Å². The number of benzene rings is 2. The van der Waals surface area contributed by atoms with E-state index in [9.17, 15) is 19.7 Å². The van der Waals surface area contributed by atoms with E-state index in [1.807, 2.05) is 44.2 Å². The topological polar surface area (TPSA) is 110 Å². The second kappa shape index (κ2) is 12.3. The molecule has 1 saturated heterocycles. The molecule has 1 amide bonds. The van der Waals surface area contributed by atoms with Gasteiger partial charge < -0.3 is 14.5 Å². The van der Waals surface area contributed by atoms with E-state index in [1.54, 1.807) is 35.6 Å². The maximum absolute atomic E-state index is 14.1. The average molecular weight is 590 g/mol. The van der Waals surface area contributed by atoms with E-state index in [0.717, 1.165) is 32.4 Å². The fourth-order valence-corrected chi connectivity index (χ4v) is 6.84. The number of hydrogen-bond donors (Lipinski definition) is 0. The Morgan fingerprint density at radius 2 is 1.88 bits per heavy atom. The molecule has 1 aromatic heterocycles. The lowest BCUT2D eigenvalue weighted by atomic mass is 9.94. The number of nitrogens with zero attached hydrogens (tertiary/aromatic N) is 5. The predicted molar refractivity (Wildman–Crippen MR) is 164 cm³/mol. The number of ether oxygens (including phenoxy) is 1. The Morgan fingerprint density at radius 3 is 2.55 bits per heavy atom. The Bertz CT molecular complexity index is 1730. The number of thiazole rings is 1. The van der Waals surface area contributed by atoms with Crippen LogP contribution in [0.25, 0.3) is 6.08 Å². The monoisotopic (exact) mass is 589 g/mol. The normalized spacial score (nSPS) is 17.1. The highest BCUT2D eigenvalue weighted by Gasteiger charge is 2.35. The second-order valence-electron chi connectivity index (χ2n) is 10.4. The van der Waals surface area contributed by atoms with Gasteiger partial charge in [-0.3, -0.25) is 24.3 Å². The summed E-state index contributed by atoms with van der Waals surface area (Å²) in [6, 6.07) is 11.7. The molecule has 0 spiro atoms. The third kappa shape index (κ3) is 5.36. The van der Waals surface area contributed by atoms with Crippen LogP contribution in [-0.2, 0) is 4.79 Å². The van der Waals surface area contributed by atoms with Crippen LogP contribution in [-0.4, -0.2) is 53.6 Å². The quantitative estimate of drug-likeness (QED) is 0.290. The van der Waals surface area contributed by atoms with Gasteiger partial charge in [0.25, 0.3) is 17.2 Å². The standard InChI is InChI=1S/C31H35N5O5S/c1-5-33(6-2)30(38)27-20(3)32-31-35(28(27)22-12-8-9-13-25(22)41-4)29(37)26(42-31)19-21-14-15-23(24(18-21)36(39)40)34-16-10-7-11-17-34/h8-9,12-15,18-19,28H,5-7,10-11,16-17H2,1-4H3/b26-19-/t28-/m1/s1. The van der Waals surface area contributed by atoms with Crippen LogP contribution >= 0.6 is 11.3 Å². The van der Waals surface area contributed by atoms with Crippen LogP contribution in [0.15, 0.2) is 63.5 Å². The molecule has 5 rings (SSSR count). The summed E-state index contributed by atoms with van der Waals surface area (Å²) < 4.78 is 7.59. The van der Waals surface area contributed by atoms with Crippen LogP contribution in [0.1, 0.15) is 57.2 Å². The van der Waals surface area contributed by atoms with Gasteiger partial charge in [0.05, 0.1) is 27.8 Å². The van der Waals surface area contributed by atoms with Gasteiger partial charge in [0.2, 0.25) is 0 Å². The van der Waals surface area contributed by atoms with Crippen molar-refractivity contribution in [2.45, 2.75) is 46.1 Å². The number of allylic oxidation sites excluding steroid dienone is 1. The lowest BCUT2D eigenvalue weighted by Crippen LogP contribution is -2.43. The highest BCUT2D eigenvalue weighted by atomic mass is 32.1. The van der Waals surface area contributed by atoms with Gasteiger partial charge in [0.15, 0.2) is 4.80 Å². The van der Waals surface area contributed by atoms with Crippen LogP contribution in [0.2, 0.25) is 0 Å². The minimum atomic E-state index is -0.747. The van der Waals surface area contributed by atoms with E-state index >= 15 is 0 Å². The van der Waals surface area contributed by atoms with Gasteiger partial charge in [-0.2, -0.15) is 0 Å². The lowest BCUT2D eigenvalue weighted by molar-refractivity contribution is -0.384. The summed E-state index contributed by atoms with van der Waals surface area (Å²) in [6.45, 7) is 8.23. The number of para-hydroxylation sites is 1. The second-order valence-corrected chi connectivity index (χ2v) is 11.4. The minimum absolute atomic E-state index is 0.0216. The van der Waals surface area contributed by atoms with Crippen molar-refractivity contribution in [3.8, 4) is 5.75 Å². The SMILES string of the molecule is CCN(CC)C(=O)C1=C(C)N=c2s/c(=C\c3ccc(N4CCCCC4)c([N+](=O)[O-])c3)c(=O)n2[C@@H]1c1ccccc1OC. The Kier molecular flexibility index (Phi) is 8.58. The molecule has 42 heavy (non-hydrogen) atoms. The number of nitro benzene ring substituents is 1. The molecule has 1 atom stereocenters. The summed E-state index contributed by atoms with van der Waals surface area (Å²) in [5.74, 6) is 0.371. The number of rotatable bonds is 8. The number of hydrogen-bond acceptors (Lipinski definition) is 8. The smallest absolute Gasteiger partial charge is 0.293 e. The Morgan fingerprint density at radius 1 is 1.17 bits per heavy atom. The summed E-state index contributed by atoms with van der Waals surface area (Å²) >= 11 is 1.20. The molecule has 0 saturated carbocycles. The third-order valence-electron chi connectivity index (χ3n) is 7.93. The van der Waals surface area contributed by atoms with Gasteiger partial charge in [-0.1, -0.05) is 35.6 Å². The molecule has 1 fully saturated rings. The molecule has 0 bridgehead atoms. The summed E-state index contributed by atoms with van der Waals surface area (Å²) in [6.07, 6.45) is 4.80. The molecule has 0 N–H and O–H groups in total. The van der Waals surface area contributed by atoms with Crippen molar-refractivity contribution in [1.29, 1.82) is 0 Å². The minimum Gasteiger partial charge on any atom is -0.496 e. The zero-order valence-corrected chi connectivity index (χ0v) is 25.1. The zero-order chi connectivity index (χ0) is 30.0. The number of fused-ring (bicyclic) bond motifs is 1. The molecule has 0 radical (unpaired) electrons. The van der Waals surface area contributed by atoms with E-state index in [4.69, 9.17) is 9.73 Å². The third-order valence-corrected chi connectivity index (χ3v) is 8.91. The molecule has 2 aromatic carbocycles. The molecular weight excluding hydrogens is 554 g/mol. The van der Waals surface area contributed by atoms with Crippen molar-refractivity contribution in [1.82, 2.24) is 9.47 Å². The summed E-state index contributed by atoms with van der Waals surface area (Å²) in [7, 11) is 1.56. The average Bonchev–Trinajstić information content (AvgIpc) is 3.31. The Balaban J connectivity index is 1.67. The van der Waals surface area contributed by atoms with Gasteiger partial charge in [-0.15, -0.1) is 0 Å². The maximum Gasteiger partial charge on any atom is 0.293 e. The number of methoxy groups -OCH3 is 1. The van der Waals surface area contributed by atoms with E-state index < -0.39 is 6.04 Å². The number of carbonyl (C=O) groups is 1. The molecule has 0 unspecified atom stereocenters. The van der Waals surface area contributed by atoms with Crippen molar-refractivity contribution in [3.05, 3.63) is 94.7 Å². The van der Waals surface area contributed by atoms with Gasteiger partial charge in [0, 0.05) is 37.8 Å². The van der Waals surface area contributed by atoms with Crippen molar-refractivity contribution in [3.63, 3.8) is 0 Å². The summed E-state index contributed by atoms with van der Waals surface area (Å²) in [5, 5.41) is 12.0. The van der Waals surface area contributed by atoms with Crippen LogP contribution in [0, 0.1) is 10.1 Å². The lowest BCUT2D eigenvalue weighted by Gasteiger charge is -2.29. The molecule has 2 aliphatic heterocycles. The van der Waals surface area contributed by atoms with Crippen molar-refractivity contribution in [2.24, 2.45) is 4.99 Å². The molecule has 10 nitrogen and oxygen atoms in total. The first-order valence-corrected chi connectivity index (χ1v) is 15.1. The molecule has 11 heteroatoms. The van der Waals surface area contributed by atoms with E-state index in [-0.39, 0.29) is 22.1 Å².